The first-order valence-electron chi connectivity index (χ1n) is 5.44. The second-order valence-electron chi connectivity index (χ2n) is 4.02. The van der Waals surface area contributed by atoms with Gasteiger partial charge >= 0.3 is 0 Å². The molecule has 94 valence electrons. The van der Waals surface area contributed by atoms with Crippen molar-refractivity contribution < 1.29 is 4.74 Å². The number of rotatable bonds is 2. The van der Waals surface area contributed by atoms with Crippen LogP contribution in [0.15, 0.2) is 23.0 Å². The van der Waals surface area contributed by atoms with E-state index in [1.54, 1.807) is 7.11 Å². The van der Waals surface area contributed by atoms with Crippen molar-refractivity contribution in [1.29, 1.82) is 0 Å². The highest BCUT2D eigenvalue weighted by Crippen LogP contribution is 2.28. The molecule has 0 radical (unpaired) electrons. The standard InChI is InChI=1S/C13H13IN2O2/c1-7-4-5-9(10(6-7)18-3)12-15-8(2)11(14)13(17)16-12/h4-6H,1-3H3,(H,15,16,17). The number of aryl methyl sites for hydroxylation is 2. The van der Waals surface area contributed by atoms with Gasteiger partial charge in [0.15, 0.2) is 0 Å². The van der Waals surface area contributed by atoms with Gasteiger partial charge in [0.2, 0.25) is 0 Å². The van der Waals surface area contributed by atoms with Crippen LogP contribution in [0.3, 0.4) is 0 Å². The summed E-state index contributed by atoms with van der Waals surface area (Å²) in [6.45, 7) is 3.81. The first-order valence-corrected chi connectivity index (χ1v) is 6.52. The maximum atomic E-state index is 11.8. The van der Waals surface area contributed by atoms with Gasteiger partial charge in [-0.3, -0.25) is 4.79 Å². The van der Waals surface area contributed by atoms with Gasteiger partial charge in [0.1, 0.15) is 11.6 Å². The molecule has 5 heteroatoms. The highest BCUT2D eigenvalue weighted by atomic mass is 127. The van der Waals surface area contributed by atoms with Crippen LogP contribution in [0.5, 0.6) is 5.75 Å². The van der Waals surface area contributed by atoms with E-state index in [9.17, 15) is 4.79 Å². The molecule has 1 aromatic carbocycles. The summed E-state index contributed by atoms with van der Waals surface area (Å²) < 4.78 is 5.94. The monoisotopic (exact) mass is 356 g/mol. The van der Waals surface area contributed by atoms with Gasteiger partial charge < -0.3 is 9.72 Å². The van der Waals surface area contributed by atoms with Gasteiger partial charge in [-0.25, -0.2) is 4.98 Å². The zero-order chi connectivity index (χ0) is 13.3. The number of hydrogen-bond acceptors (Lipinski definition) is 3. The van der Waals surface area contributed by atoms with Crippen molar-refractivity contribution in [3.05, 3.63) is 43.4 Å². The van der Waals surface area contributed by atoms with E-state index in [1.807, 2.05) is 54.6 Å². The number of benzene rings is 1. The molecular formula is C13H13IN2O2. The van der Waals surface area contributed by atoms with Gasteiger partial charge in [0.25, 0.3) is 5.56 Å². The predicted molar refractivity (Wildman–Crippen MR) is 79.0 cm³/mol. The molecule has 0 fully saturated rings. The molecule has 18 heavy (non-hydrogen) atoms. The number of nitrogens with zero attached hydrogens (tertiary/aromatic N) is 1. The van der Waals surface area contributed by atoms with E-state index < -0.39 is 0 Å². The minimum atomic E-state index is -0.124. The summed E-state index contributed by atoms with van der Waals surface area (Å²) in [5.74, 6) is 1.24. The van der Waals surface area contributed by atoms with Crippen molar-refractivity contribution in [1.82, 2.24) is 9.97 Å². The number of H-pyrrole nitrogens is 1. The van der Waals surface area contributed by atoms with Crippen LogP contribution in [0.1, 0.15) is 11.3 Å². The van der Waals surface area contributed by atoms with Crippen LogP contribution in [0, 0.1) is 17.4 Å². The van der Waals surface area contributed by atoms with Crippen molar-refractivity contribution in [2.24, 2.45) is 0 Å². The van der Waals surface area contributed by atoms with Crippen LogP contribution in [-0.4, -0.2) is 17.1 Å². The third kappa shape index (κ3) is 2.40. The Morgan fingerprint density at radius 2 is 2.06 bits per heavy atom. The fourth-order valence-corrected chi connectivity index (χ4v) is 1.95. The zero-order valence-corrected chi connectivity index (χ0v) is 12.5. The number of aromatic amines is 1. The lowest BCUT2D eigenvalue weighted by Crippen LogP contribution is -2.14. The van der Waals surface area contributed by atoms with Gasteiger partial charge in [-0.15, -0.1) is 0 Å². The number of halogens is 1. The summed E-state index contributed by atoms with van der Waals surface area (Å²) in [4.78, 5) is 18.9. The fraction of sp³-hybridized carbons (Fsp3) is 0.231. The van der Waals surface area contributed by atoms with E-state index in [0.717, 1.165) is 16.8 Å². The van der Waals surface area contributed by atoms with Crippen LogP contribution >= 0.6 is 22.6 Å². The van der Waals surface area contributed by atoms with Gasteiger partial charge in [-0.1, -0.05) is 6.07 Å². The molecule has 1 aromatic heterocycles. The highest BCUT2D eigenvalue weighted by Gasteiger charge is 2.11. The number of nitrogens with one attached hydrogen (secondary N) is 1. The van der Waals surface area contributed by atoms with Gasteiger partial charge in [0.05, 0.1) is 21.9 Å². The lowest BCUT2D eigenvalue weighted by Gasteiger charge is -2.09. The molecule has 0 saturated carbocycles. The van der Waals surface area contributed by atoms with E-state index in [0.29, 0.717) is 15.1 Å². The first-order chi connectivity index (χ1) is 8.52. The Labute approximate surface area is 119 Å². The molecule has 0 aliphatic carbocycles. The smallest absolute Gasteiger partial charge is 0.264 e. The molecule has 0 aliphatic rings. The van der Waals surface area contributed by atoms with Crippen LogP contribution in [0.4, 0.5) is 0 Å². The Bertz CT molecular complexity index is 650. The summed E-state index contributed by atoms with van der Waals surface area (Å²) in [6.07, 6.45) is 0. The molecule has 1 heterocycles. The number of aromatic nitrogens is 2. The number of hydrogen-bond donors (Lipinski definition) is 1. The third-order valence-corrected chi connectivity index (χ3v) is 3.91. The Balaban J connectivity index is 2.66. The number of ether oxygens (including phenoxy) is 1. The Morgan fingerprint density at radius 3 is 2.67 bits per heavy atom. The summed E-state index contributed by atoms with van der Waals surface area (Å²) in [7, 11) is 1.61. The van der Waals surface area contributed by atoms with Crippen molar-refractivity contribution in [2.75, 3.05) is 7.11 Å². The molecule has 1 N–H and O–H groups in total. The van der Waals surface area contributed by atoms with Crippen LogP contribution in [0.25, 0.3) is 11.4 Å². The fourth-order valence-electron chi connectivity index (χ4n) is 1.69. The molecule has 0 unspecified atom stereocenters. The van der Waals surface area contributed by atoms with Crippen LogP contribution in [-0.2, 0) is 0 Å². The largest absolute Gasteiger partial charge is 0.496 e. The second kappa shape index (κ2) is 5.09. The molecule has 0 atom stereocenters. The Hall–Kier alpha value is -1.37. The Kier molecular flexibility index (Phi) is 3.70. The van der Waals surface area contributed by atoms with Crippen molar-refractivity contribution in [3.8, 4) is 17.1 Å². The second-order valence-corrected chi connectivity index (χ2v) is 5.10. The summed E-state index contributed by atoms with van der Waals surface area (Å²) >= 11 is 1.99. The van der Waals surface area contributed by atoms with Gasteiger partial charge in [-0.2, -0.15) is 0 Å². The van der Waals surface area contributed by atoms with E-state index >= 15 is 0 Å². The lowest BCUT2D eigenvalue weighted by atomic mass is 10.1. The normalized spacial score (nSPS) is 10.4. The SMILES string of the molecule is COc1cc(C)ccc1-c1nc(C)c(I)c(=O)[nH]1. The molecule has 2 aromatic rings. The molecule has 0 aliphatic heterocycles. The molecule has 0 saturated heterocycles. The summed E-state index contributed by atoms with van der Waals surface area (Å²) in [5, 5.41) is 0. The topological polar surface area (TPSA) is 55.0 Å². The average molecular weight is 356 g/mol. The maximum absolute atomic E-state index is 11.8. The van der Waals surface area contributed by atoms with Crippen molar-refractivity contribution in [3.63, 3.8) is 0 Å². The predicted octanol–water partition coefficient (Wildman–Crippen LogP) is 2.67. The first kappa shape index (κ1) is 13.1. The van der Waals surface area contributed by atoms with E-state index in [4.69, 9.17) is 4.74 Å². The minimum absolute atomic E-state index is 0.124. The van der Waals surface area contributed by atoms with E-state index in [1.165, 1.54) is 0 Å². The summed E-state index contributed by atoms with van der Waals surface area (Å²) in [5.41, 5.74) is 2.48. The summed E-state index contributed by atoms with van der Waals surface area (Å²) in [6, 6.07) is 5.78. The molecular weight excluding hydrogens is 343 g/mol. The molecule has 0 spiro atoms. The van der Waals surface area contributed by atoms with Crippen molar-refractivity contribution in [2.45, 2.75) is 13.8 Å². The number of methoxy groups -OCH3 is 1. The maximum Gasteiger partial charge on any atom is 0.264 e. The molecule has 4 nitrogen and oxygen atoms in total. The van der Waals surface area contributed by atoms with Crippen molar-refractivity contribution >= 4 is 22.6 Å². The minimum Gasteiger partial charge on any atom is -0.496 e. The zero-order valence-electron chi connectivity index (χ0n) is 10.4. The van der Waals surface area contributed by atoms with Crippen LogP contribution in [0.2, 0.25) is 0 Å². The average Bonchev–Trinajstić information content (AvgIpc) is 2.35. The molecule has 0 amide bonds. The quantitative estimate of drug-likeness (QED) is 0.842. The van der Waals surface area contributed by atoms with E-state index in [-0.39, 0.29) is 5.56 Å². The van der Waals surface area contributed by atoms with E-state index in [2.05, 4.69) is 9.97 Å². The Morgan fingerprint density at radius 1 is 1.33 bits per heavy atom. The third-order valence-electron chi connectivity index (χ3n) is 2.64. The lowest BCUT2D eigenvalue weighted by molar-refractivity contribution is 0.416. The van der Waals surface area contributed by atoms with Gasteiger partial charge in [-0.05, 0) is 54.1 Å². The highest BCUT2D eigenvalue weighted by molar-refractivity contribution is 14.1. The molecule has 2 rings (SSSR count). The van der Waals surface area contributed by atoms with Gasteiger partial charge in [0, 0.05) is 0 Å². The van der Waals surface area contributed by atoms with Crippen LogP contribution < -0.4 is 10.3 Å². The molecule has 0 bridgehead atoms.